The van der Waals surface area contributed by atoms with Gasteiger partial charge in [0.25, 0.3) is 5.91 Å². The average molecular weight is 455 g/mol. The summed E-state index contributed by atoms with van der Waals surface area (Å²) in [6.45, 7) is 1.24. The zero-order valence-electron chi connectivity index (χ0n) is 15.1. The highest BCUT2D eigenvalue weighted by molar-refractivity contribution is 6.42. The molecule has 1 amide bonds. The maximum Gasteiger partial charge on any atom is 0.336 e. The Labute approximate surface area is 180 Å². The molecule has 0 aliphatic carbocycles. The van der Waals surface area contributed by atoms with Gasteiger partial charge < -0.3 is 14.5 Å². The number of hydrogen-bond acceptors (Lipinski definition) is 5. The molecule has 0 radical (unpaired) electrons. The zero-order valence-corrected chi connectivity index (χ0v) is 17.3. The highest BCUT2D eigenvalue weighted by Crippen LogP contribution is 2.25. The minimum atomic E-state index is -0.682. The van der Waals surface area contributed by atoms with E-state index in [9.17, 15) is 14.4 Å². The van der Waals surface area contributed by atoms with Gasteiger partial charge in [0.1, 0.15) is 18.7 Å². The first-order valence-corrected chi connectivity index (χ1v) is 9.50. The third-order valence-corrected chi connectivity index (χ3v) is 5.22. The van der Waals surface area contributed by atoms with E-state index in [1.807, 2.05) is 0 Å². The summed E-state index contributed by atoms with van der Waals surface area (Å²) in [6.07, 6.45) is 0. The van der Waals surface area contributed by atoms with Crippen LogP contribution in [0.1, 0.15) is 21.5 Å². The summed E-state index contributed by atoms with van der Waals surface area (Å²) in [7, 11) is 0. The predicted molar refractivity (Wildman–Crippen MR) is 111 cm³/mol. The molecular formula is C20H14Cl3NO5. The van der Waals surface area contributed by atoms with Crippen molar-refractivity contribution in [1.29, 1.82) is 0 Å². The van der Waals surface area contributed by atoms with Crippen LogP contribution in [-0.2, 0) is 16.1 Å². The van der Waals surface area contributed by atoms with E-state index in [1.54, 1.807) is 19.1 Å². The maximum atomic E-state index is 12.1. The number of amides is 1. The molecule has 0 bridgehead atoms. The van der Waals surface area contributed by atoms with Gasteiger partial charge in [-0.3, -0.25) is 9.59 Å². The lowest BCUT2D eigenvalue weighted by Crippen LogP contribution is -2.30. The fraction of sp³-hybridized carbons (Fsp3) is 0.150. The molecule has 0 aliphatic heterocycles. The molecule has 29 heavy (non-hydrogen) atoms. The lowest BCUT2D eigenvalue weighted by Gasteiger charge is -2.09. The van der Waals surface area contributed by atoms with Crippen molar-refractivity contribution in [1.82, 2.24) is 5.32 Å². The minimum absolute atomic E-state index is 0.178. The molecule has 0 saturated carbocycles. The molecule has 1 aromatic heterocycles. The van der Waals surface area contributed by atoms with E-state index in [0.717, 1.165) is 5.56 Å². The molecule has 0 aliphatic rings. The first-order chi connectivity index (χ1) is 13.7. The second-order valence-electron chi connectivity index (χ2n) is 6.16. The van der Waals surface area contributed by atoms with E-state index < -0.39 is 17.5 Å². The van der Waals surface area contributed by atoms with Gasteiger partial charge in [-0.25, -0.2) is 4.79 Å². The summed E-state index contributed by atoms with van der Waals surface area (Å²) in [5, 5.41) is 4.03. The number of nitrogens with one attached hydrogen (secondary N) is 1. The van der Waals surface area contributed by atoms with Gasteiger partial charge in [0.15, 0.2) is 0 Å². The molecule has 3 rings (SSSR count). The number of fused-ring (bicyclic) bond motifs is 1. The van der Waals surface area contributed by atoms with E-state index in [1.165, 1.54) is 24.3 Å². The lowest BCUT2D eigenvalue weighted by atomic mass is 10.1. The van der Waals surface area contributed by atoms with Crippen LogP contribution in [0.15, 0.2) is 45.6 Å². The van der Waals surface area contributed by atoms with Gasteiger partial charge in [0, 0.05) is 27.6 Å². The molecule has 0 saturated heterocycles. The summed E-state index contributed by atoms with van der Waals surface area (Å²) in [5.74, 6) is -1.19. The van der Waals surface area contributed by atoms with Crippen LogP contribution in [0.2, 0.25) is 15.1 Å². The minimum Gasteiger partial charge on any atom is -0.459 e. The topological polar surface area (TPSA) is 85.6 Å². The second-order valence-corrected chi connectivity index (χ2v) is 7.38. The summed E-state index contributed by atoms with van der Waals surface area (Å²) < 4.78 is 10.3. The van der Waals surface area contributed by atoms with E-state index >= 15 is 0 Å². The third-order valence-electron chi connectivity index (χ3n) is 4.07. The second kappa shape index (κ2) is 8.86. The van der Waals surface area contributed by atoms with Gasteiger partial charge in [-0.1, -0.05) is 34.8 Å². The van der Waals surface area contributed by atoms with Crippen LogP contribution in [0.5, 0.6) is 0 Å². The number of rotatable bonds is 5. The Morgan fingerprint density at radius 1 is 1.03 bits per heavy atom. The third kappa shape index (κ3) is 5.09. The Kier molecular flexibility index (Phi) is 6.47. The van der Waals surface area contributed by atoms with Crippen molar-refractivity contribution in [3.8, 4) is 0 Å². The molecule has 2 aromatic carbocycles. The Hall–Kier alpha value is -2.54. The molecule has 1 N–H and O–H groups in total. The van der Waals surface area contributed by atoms with Gasteiger partial charge in [-0.2, -0.15) is 0 Å². The van der Waals surface area contributed by atoms with E-state index in [2.05, 4.69) is 5.32 Å². The van der Waals surface area contributed by atoms with Crippen molar-refractivity contribution < 1.29 is 18.7 Å². The molecule has 0 spiro atoms. The first kappa shape index (κ1) is 21.2. The highest BCUT2D eigenvalue weighted by Gasteiger charge is 2.13. The Morgan fingerprint density at radius 3 is 2.52 bits per heavy atom. The molecule has 0 unspecified atom stereocenters. The summed E-state index contributed by atoms with van der Waals surface area (Å²) in [4.78, 5) is 35.8. The zero-order chi connectivity index (χ0) is 21.1. The van der Waals surface area contributed by atoms with Crippen LogP contribution in [0.3, 0.4) is 0 Å². The molecule has 6 nitrogen and oxygen atoms in total. The number of esters is 1. The fourth-order valence-electron chi connectivity index (χ4n) is 2.57. The summed E-state index contributed by atoms with van der Waals surface area (Å²) in [6, 6.07) is 8.87. The Morgan fingerprint density at radius 2 is 1.79 bits per heavy atom. The monoisotopic (exact) mass is 453 g/mol. The van der Waals surface area contributed by atoms with Crippen molar-refractivity contribution >= 4 is 57.6 Å². The van der Waals surface area contributed by atoms with E-state index in [0.29, 0.717) is 26.6 Å². The number of hydrogen-bond donors (Lipinski definition) is 1. The van der Waals surface area contributed by atoms with Crippen molar-refractivity contribution in [2.45, 2.75) is 13.5 Å². The average Bonchev–Trinajstić information content (AvgIpc) is 2.67. The quantitative estimate of drug-likeness (QED) is 0.452. The van der Waals surface area contributed by atoms with Crippen molar-refractivity contribution in [2.75, 3.05) is 6.54 Å². The standard InChI is InChI=1S/C20H14Cl3NO5/c1-10-4-17-13(7-15(10)22)12(6-18(25)29-17)9-28-19(26)8-24-20(27)11-2-3-14(21)16(23)5-11/h2-7H,8-9H2,1H3,(H,24,27). The molecule has 150 valence electrons. The van der Waals surface area contributed by atoms with Crippen LogP contribution >= 0.6 is 34.8 Å². The smallest absolute Gasteiger partial charge is 0.336 e. The Balaban J connectivity index is 1.65. The molecule has 3 aromatic rings. The van der Waals surface area contributed by atoms with Crippen LogP contribution in [0.4, 0.5) is 0 Å². The number of halogens is 3. The predicted octanol–water partition coefficient (Wildman–Crippen LogP) is 4.53. The summed E-state index contributed by atoms with van der Waals surface area (Å²) in [5.41, 5.74) is 1.23. The van der Waals surface area contributed by atoms with E-state index in [-0.39, 0.29) is 23.7 Å². The molecule has 0 atom stereocenters. The van der Waals surface area contributed by atoms with Crippen LogP contribution in [0, 0.1) is 6.92 Å². The van der Waals surface area contributed by atoms with Crippen LogP contribution < -0.4 is 10.9 Å². The van der Waals surface area contributed by atoms with Gasteiger partial charge in [-0.15, -0.1) is 0 Å². The van der Waals surface area contributed by atoms with E-state index in [4.69, 9.17) is 44.0 Å². The molecule has 1 heterocycles. The number of aryl methyl sites for hydroxylation is 1. The molecular weight excluding hydrogens is 441 g/mol. The lowest BCUT2D eigenvalue weighted by molar-refractivity contribution is -0.143. The normalized spacial score (nSPS) is 10.8. The number of benzene rings is 2. The number of ether oxygens (including phenoxy) is 1. The largest absolute Gasteiger partial charge is 0.459 e. The fourth-order valence-corrected chi connectivity index (χ4v) is 3.03. The number of carbonyl (C=O) groups excluding carboxylic acids is 2. The highest BCUT2D eigenvalue weighted by atomic mass is 35.5. The number of carbonyl (C=O) groups is 2. The molecule has 9 heteroatoms. The van der Waals surface area contributed by atoms with Crippen molar-refractivity contribution in [3.05, 3.63) is 78.6 Å². The first-order valence-electron chi connectivity index (χ1n) is 8.36. The van der Waals surface area contributed by atoms with Gasteiger partial charge >= 0.3 is 11.6 Å². The van der Waals surface area contributed by atoms with Crippen LogP contribution in [0.25, 0.3) is 11.0 Å². The van der Waals surface area contributed by atoms with Crippen LogP contribution in [-0.4, -0.2) is 18.4 Å². The summed E-state index contributed by atoms with van der Waals surface area (Å²) >= 11 is 17.8. The van der Waals surface area contributed by atoms with Crippen molar-refractivity contribution in [2.24, 2.45) is 0 Å². The van der Waals surface area contributed by atoms with Crippen molar-refractivity contribution in [3.63, 3.8) is 0 Å². The van der Waals surface area contributed by atoms with Gasteiger partial charge in [-0.05, 0) is 42.8 Å². The van der Waals surface area contributed by atoms with Gasteiger partial charge in [0.2, 0.25) is 0 Å². The SMILES string of the molecule is Cc1cc2oc(=O)cc(COC(=O)CNC(=O)c3ccc(Cl)c(Cl)c3)c2cc1Cl. The Bertz CT molecular complexity index is 1170. The maximum absolute atomic E-state index is 12.1. The molecule has 0 fully saturated rings. The van der Waals surface area contributed by atoms with Gasteiger partial charge in [0.05, 0.1) is 10.0 Å².